The Morgan fingerprint density at radius 1 is 1.12 bits per heavy atom. The first kappa shape index (κ1) is 23.0. The number of benzene rings is 3. The van der Waals surface area contributed by atoms with Gasteiger partial charge in [-0.3, -0.25) is 9.59 Å². The SMILES string of the molecule is CC1Nc2cc(C(=O)NCc3ccc(C=NN)cc3)ccc2CN(CCc2ccccc2)C1=O. The van der Waals surface area contributed by atoms with E-state index in [2.05, 4.69) is 27.9 Å². The van der Waals surface area contributed by atoms with Crippen molar-refractivity contribution in [3.63, 3.8) is 0 Å². The van der Waals surface area contributed by atoms with E-state index in [0.29, 0.717) is 25.2 Å². The summed E-state index contributed by atoms with van der Waals surface area (Å²) in [4.78, 5) is 27.6. The van der Waals surface area contributed by atoms with E-state index in [0.717, 1.165) is 28.8 Å². The first-order valence-corrected chi connectivity index (χ1v) is 11.4. The molecule has 3 aromatic carbocycles. The summed E-state index contributed by atoms with van der Waals surface area (Å²) in [6.45, 7) is 3.43. The predicted octanol–water partition coefficient (Wildman–Crippen LogP) is 3.29. The van der Waals surface area contributed by atoms with Crippen LogP contribution in [0.5, 0.6) is 0 Å². The van der Waals surface area contributed by atoms with Crippen molar-refractivity contribution in [2.75, 3.05) is 11.9 Å². The molecule has 4 N–H and O–H groups in total. The Morgan fingerprint density at radius 3 is 2.62 bits per heavy atom. The lowest BCUT2D eigenvalue weighted by molar-refractivity contribution is -0.132. The number of nitrogens with one attached hydrogen (secondary N) is 2. The van der Waals surface area contributed by atoms with Gasteiger partial charge in [0, 0.05) is 30.9 Å². The quantitative estimate of drug-likeness (QED) is 0.289. The molecule has 4 rings (SSSR count). The highest BCUT2D eigenvalue weighted by atomic mass is 16.2. The summed E-state index contributed by atoms with van der Waals surface area (Å²) in [6, 6.07) is 23.0. The van der Waals surface area contributed by atoms with Gasteiger partial charge >= 0.3 is 0 Å². The highest BCUT2D eigenvalue weighted by Crippen LogP contribution is 2.25. The maximum atomic E-state index is 12.9. The van der Waals surface area contributed by atoms with Crippen LogP contribution in [0.2, 0.25) is 0 Å². The number of hydrogen-bond acceptors (Lipinski definition) is 5. The first-order valence-electron chi connectivity index (χ1n) is 11.4. The summed E-state index contributed by atoms with van der Waals surface area (Å²) in [5.41, 5.74) is 5.45. The van der Waals surface area contributed by atoms with Gasteiger partial charge in [0.15, 0.2) is 0 Å². The lowest BCUT2D eigenvalue weighted by Gasteiger charge is -2.23. The van der Waals surface area contributed by atoms with Gasteiger partial charge in [-0.05, 0) is 47.7 Å². The predicted molar refractivity (Wildman–Crippen MR) is 134 cm³/mol. The zero-order valence-corrected chi connectivity index (χ0v) is 19.2. The number of fused-ring (bicyclic) bond motifs is 1. The van der Waals surface area contributed by atoms with Gasteiger partial charge < -0.3 is 21.4 Å². The van der Waals surface area contributed by atoms with Crippen LogP contribution in [0.4, 0.5) is 5.69 Å². The molecular weight excluding hydrogens is 426 g/mol. The Hall–Kier alpha value is -4.13. The summed E-state index contributed by atoms with van der Waals surface area (Å²) >= 11 is 0. The molecule has 7 nitrogen and oxygen atoms in total. The van der Waals surface area contributed by atoms with Crippen molar-refractivity contribution in [3.8, 4) is 0 Å². The van der Waals surface area contributed by atoms with E-state index in [1.165, 1.54) is 5.56 Å². The van der Waals surface area contributed by atoms with E-state index in [4.69, 9.17) is 5.84 Å². The largest absolute Gasteiger partial charge is 0.374 e. The number of nitrogens with zero attached hydrogens (tertiary/aromatic N) is 2. The zero-order chi connectivity index (χ0) is 23.9. The molecule has 0 spiro atoms. The van der Waals surface area contributed by atoms with Crippen LogP contribution in [0, 0.1) is 0 Å². The van der Waals surface area contributed by atoms with Gasteiger partial charge in [-0.25, -0.2) is 0 Å². The van der Waals surface area contributed by atoms with E-state index in [9.17, 15) is 9.59 Å². The third kappa shape index (κ3) is 5.61. The van der Waals surface area contributed by atoms with E-state index in [-0.39, 0.29) is 17.9 Å². The zero-order valence-electron chi connectivity index (χ0n) is 19.2. The third-order valence-electron chi connectivity index (χ3n) is 5.96. The Kier molecular flexibility index (Phi) is 7.22. The number of anilines is 1. The van der Waals surface area contributed by atoms with Crippen molar-refractivity contribution in [2.24, 2.45) is 10.9 Å². The molecule has 0 aliphatic carbocycles. The van der Waals surface area contributed by atoms with Gasteiger partial charge in [0.1, 0.15) is 6.04 Å². The summed E-state index contributed by atoms with van der Waals surface area (Å²) in [6.07, 6.45) is 2.37. The summed E-state index contributed by atoms with van der Waals surface area (Å²) in [5.74, 6) is 5.06. The second-order valence-electron chi connectivity index (χ2n) is 8.44. The molecule has 0 radical (unpaired) electrons. The lowest BCUT2D eigenvalue weighted by Crippen LogP contribution is -2.39. The minimum atomic E-state index is -0.370. The van der Waals surface area contributed by atoms with Gasteiger partial charge in [0.25, 0.3) is 5.91 Å². The van der Waals surface area contributed by atoms with Gasteiger partial charge in [-0.1, -0.05) is 60.7 Å². The summed E-state index contributed by atoms with van der Waals surface area (Å²) in [7, 11) is 0. The van der Waals surface area contributed by atoms with E-state index in [1.54, 1.807) is 6.21 Å². The molecule has 2 amide bonds. The average Bonchev–Trinajstić information content (AvgIpc) is 2.98. The molecule has 1 heterocycles. The molecular formula is C27H29N5O2. The number of hydrazone groups is 1. The first-order chi connectivity index (χ1) is 16.5. The minimum Gasteiger partial charge on any atom is -0.374 e. The van der Waals surface area contributed by atoms with Crippen LogP contribution in [-0.2, 0) is 24.3 Å². The highest BCUT2D eigenvalue weighted by Gasteiger charge is 2.26. The lowest BCUT2D eigenvalue weighted by atomic mass is 10.1. The maximum Gasteiger partial charge on any atom is 0.251 e. The maximum absolute atomic E-state index is 12.9. The topological polar surface area (TPSA) is 99.8 Å². The molecule has 174 valence electrons. The van der Waals surface area contributed by atoms with Crippen LogP contribution in [0.1, 0.15) is 39.5 Å². The van der Waals surface area contributed by atoms with Crippen LogP contribution in [0.25, 0.3) is 0 Å². The molecule has 1 aliphatic rings. The number of rotatable bonds is 7. The molecule has 1 aliphatic heterocycles. The van der Waals surface area contributed by atoms with Crippen LogP contribution in [0.15, 0.2) is 77.9 Å². The van der Waals surface area contributed by atoms with Crippen LogP contribution in [0.3, 0.4) is 0 Å². The normalized spacial score (nSPS) is 15.5. The molecule has 0 aromatic heterocycles. The van der Waals surface area contributed by atoms with Crippen LogP contribution in [-0.4, -0.2) is 35.5 Å². The molecule has 34 heavy (non-hydrogen) atoms. The van der Waals surface area contributed by atoms with Crippen molar-refractivity contribution in [1.82, 2.24) is 10.2 Å². The van der Waals surface area contributed by atoms with Crippen molar-refractivity contribution < 1.29 is 9.59 Å². The highest BCUT2D eigenvalue weighted by molar-refractivity contribution is 5.96. The molecule has 0 fully saturated rings. The Morgan fingerprint density at radius 2 is 1.88 bits per heavy atom. The standard InChI is InChI=1S/C27H29N5O2/c1-19-27(34)32(14-13-20-5-3-2-4-6-20)18-24-12-11-23(15-25(24)31-19)26(33)29-16-21-7-9-22(10-8-21)17-30-28/h2-12,15,17,19,31H,13-14,16,18,28H2,1H3,(H,29,33). The molecule has 3 aromatic rings. The molecule has 1 unspecified atom stereocenters. The van der Waals surface area contributed by atoms with E-state index < -0.39 is 0 Å². The summed E-state index contributed by atoms with van der Waals surface area (Å²) < 4.78 is 0. The van der Waals surface area contributed by atoms with Gasteiger partial charge in [-0.2, -0.15) is 5.10 Å². The fraction of sp³-hybridized carbons (Fsp3) is 0.222. The van der Waals surface area contributed by atoms with E-state index >= 15 is 0 Å². The second kappa shape index (κ2) is 10.7. The fourth-order valence-corrected chi connectivity index (χ4v) is 4.03. The minimum absolute atomic E-state index is 0.0567. The van der Waals surface area contributed by atoms with Crippen molar-refractivity contribution in [1.29, 1.82) is 0 Å². The Balaban J connectivity index is 1.42. The number of carbonyl (C=O) groups is 2. The third-order valence-corrected chi connectivity index (χ3v) is 5.96. The average molecular weight is 456 g/mol. The number of nitrogens with two attached hydrogens (primary N) is 1. The molecule has 7 heteroatoms. The molecule has 1 atom stereocenters. The Labute approximate surface area is 199 Å². The monoisotopic (exact) mass is 455 g/mol. The van der Waals surface area contributed by atoms with Crippen LogP contribution < -0.4 is 16.5 Å². The van der Waals surface area contributed by atoms with Gasteiger partial charge in [0.05, 0.1) is 6.21 Å². The fourth-order valence-electron chi connectivity index (χ4n) is 4.03. The van der Waals surface area contributed by atoms with E-state index in [1.807, 2.05) is 72.5 Å². The van der Waals surface area contributed by atoms with Gasteiger partial charge in [0.2, 0.25) is 5.91 Å². The Bertz CT molecular complexity index is 1180. The molecule has 0 saturated carbocycles. The van der Waals surface area contributed by atoms with Crippen molar-refractivity contribution >= 4 is 23.7 Å². The second-order valence-corrected chi connectivity index (χ2v) is 8.44. The van der Waals surface area contributed by atoms with Gasteiger partial charge in [-0.15, -0.1) is 0 Å². The molecule has 0 saturated heterocycles. The van der Waals surface area contributed by atoms with Crippen LogP contribution >= 0.6 is 0 Å². The number of amides is 2. The number of carbonyl (C=O) groups excluding carboxylic acids is 2. The summed E-state index contributed by atoms with van der Waals surface area (Å²) in [5, 5.41) is 9.75. The number of hydrogen-bond donors (Lipinski definition) is 3. The smallest absolute Gasteiger partial charge is 0.251 e. The van der Waals surface area contributed by atoms with Crippen molar-refractivity contribution in [2.45, 2.75) is 32.5 Å². The van der Waals surface area contributed by atoms with Crippen molar-refractivity contribution in [3.05, 3.63) is 101 Å². The molecule has 0 bridgehead atoms.